The van der Waals surface area contributed by atoms with Gasteiger partial charge in [-0.15, -0.1) is 0 Å². The molecule has 4 heterocycles. The van der Waals surface area contributed by atoms with Gasteiger partial charge in [0.1, 0.15) is 17.9 Å². The number of hydrogen-bond acceptors (Lipinski definition) is 7. The summed E-state index contributed by atoms with van der Waals surface area (Å²) in [7, 11) is 0. The Bertz CT molecular complexity index is 1400. The number of carbonyl (C=O) groups is 2. The topological polar surface area (TPSA) is 112 Å². The summed E-state index contributed by atoms with van der Waals surface area (Å²) < 4.78 is 0. The molecule has 37 heavy (non-hydrogen) atoms. The summed E-state index contributed by atoms with van der Waals surface area (Å²) in [6, 6.07) is 11.6. The van der Waals surface area contributed by atoms with E-state index in [4.69, 9.17) is 0 Å². The van der Waals surface area contributed by atoms with E-state index in [1.54, 1.807) is 18.6 Å². The van der Waals surface area contributed by atoms with Crippen LogP contribution in [-0.2, 0) is 16.1 Å². The molecule has 6 rings (SSSR count). The molecule has 0 bridgehead atoms. The zero-order valence-corrected chi connectivity index (χ0v) is 20.4. The quantitative estimate of drug-likeness (QED) is 0.538. The summed E-state index contributed by atoms with van der Waals surface area (Å²) in [5, 5.41) is 5.88. The summed E-state index contributed by atoms with van der Waals surface area (Å²) >= 11 is 0. The Morgan fingerprint density at radius 2 is 1.76 bits per heavy atom. The van der Waals surface area contributed by atoms with Gasteiger partial charge in [-0.25, -0.2) is 9.98 Å². The van der Waals surface area contributed by atoms with E-state index in [1.165, 1.54) is 19.2 Å². The van der Waals surface area contributed by atoms with Crippen LogP contribution in [0.15, 0.2) is 65.0 Å². The summed E-state index contributed by atoms with van der Waals surface area (Å²) in [5.41, 5.74) is 4.87. The van der Waals surface area contributed by atoms with E-state index in [-0.39, 0.29) is 23.4 Å². The van der Waals surface area contributed by atoms with Crippen LogP contribution in [0, 0.1) is 5.92 Å². The van der Waals surface area contributed by atoms with Gasteiger partial charge < -0.3 is 15.5 Å². The fourth-order valence-corrected chi connectivity index (χ4v) is 4.64. The predicted octanol–water partition coefficient (Wildman–Crippen LogP) is 4.06. The molecule has 1 aliphatic carbocycles. The van der Waals surface area contributed by atoms with E-state index in [1.807, 2.05) is 36.4 Å². The molecule has 2 fully saturated rings. The van der Waals surface area contributed by atoms with Crippen molar-refractivity contribution >= 4 is 41.1 Å². The summed E-state index contributed by atoms with van der Waals surface area (Å²) in [6.07, 6.45) is 10.7. The molecule has 1 aromatic carbocycles. The molecule has 186 valence electrons. The maximum Gasteiger partial charge on any atom is 0.275 e. The van der Waals surface area contributed by atoms with Crippen molar-refractivity contribution in [3.8, 4) is 11.1 Å². The SMILES string of the molecule is O=C(Nc1ccc(N2CCCC2)nc1)C1=NC=NCc2ccc(-c3cncc(NC(=O)C4CC4)c3)cc21. The molecule has 9 heteroatoms. The number of benzene rings is 1. The fraction of sp³-hybridized carbons (Fsp3) is 0.286. The maximum absolute atomic E-state index is 13.3. The van der Waals surface area contributed by atoms with Gasteiger partial charge in [-0.2, -0.15) is 0 Å². The highest BCUT2D eigenvalue weighted by atomic mass is 16.2. The number of anilines is 3. The number of carbonyl (C=O) groups excluding carboxylic acids is 2. The van der Waals surface area contributed by atoms with Crippen LogP contribution < -0.4 is 15.5 Å². The Hall–Kier alpha value is -4.40. The summed E-state index contributed by atoms with van der Waals surface area (Å²) in [4.78, 5) is 45.3. The zero-order valence-electron chi connectivity index (χ0n) is 20.4. The molecule has 0 radical (unpaired) electrons. The Morgan fingerprint density at radius 3 is 2.54 bits per heavy atom. The molecular weight excluding hydrogens is 466 g/mol. The van der Waals surface area contributed by atoms with Gasteiger partial charge in [-0.3, -0.25) is 19.6 Å². The lowest BCUT2D eigenvalue weighted by atomic mass is 9.96. The van der Waals surface area contributed by atoms with Crippen molar-refractivity contribution in [2.45, 2.75) is 32.2 Å². The predicted molar refractivity (Wildman–Crippen MR) is 144 cm³/mol. The lowest BCUT2D eigenvalue weighted by molar-refractivity contribution is -0.117. The van der Waals surface area contributed by atoms with E-state index in [2.05, 4.69) is 35.5 Å². The van der Waals surface area contributed by atoms with Crippen molar-refractivity contribution in [1.82, 2.24) is 9.97 Å². The summed E-state index contributed by atoms with van der Waals surface area (Å²) in [5.74, 6) is 0.742. The molecule has 2 aliphatic heterocycles. The number of amides is 2. The highest BCUT2D eigenvalue weighted by Gasteiger charge is 2.29. The molecule has 0 unspecified atom stereocenters. The van der Waals surface area contributed by atoms with Crippen LogP contribution in [0.4, 0.5) is 17.2 Å². The Labute approximate surface area is 214 Å². The number of fused-ring (bicyclic) bond motifs is 1. The second-order valence-electron chi connectivity index (χ2n) is 9.58. The normalized spacial score (nSPS) is 16.5. The van der Waals surface area contributed by atoms with Crippen LogP contribution in [0.5, 0.6) is 0 Å². The molecule has 2 N–H and O–H groups in total. The zero-order chi connectivity index (χ0) is 25.2. The molecule has 3 aromatic rings. The van der Waals surface area contributed by atoms with Crippen LogP contribution in [0.2, 0.25) is 0 Å². The number of nitrogens with one attached hydrogen (secondary N) is 2. The minimum absolute atomic E-state index is 0.0343. The molecular formula is C28H27N7O2. The third kappa shape index (κ3) is 5.11. The van der Waals surface area contributed by atoms with Gasteiger partial charge in [-0.1, -0.05) is 12.1 Å². The lowest BCUT2D eigenvalue weighted by Crippen LogP contribution is -2.25. The largest absolute Gasteiger partial charge is 0.357 e. The van der Waals surface area contributed by atoms with Crippen LogP contribution >= 0.6 is 0 Å². The van der Waals surface area contributed by atoms with Gasteiger partial charge in [0.05, 0.1) is 30.3 Å². The first-order valence-corrected chi connectivity index (χ1v) is 12.6. The van der Waals surface area contributed by atoms with E-state index < -0.39 is 0 Å². The second-order valence-corrected chi connectivity index (χ2v) is 9.58. The number of hydrogen-bond donors (Lipinski definition) is 2. The first-order valence-electron chi connectivity index (χ1n) is 12.6. The van der Waals surface area contributed by atoms with Gasteiger partial charge in [0.2, 0.25) is 5.91 Å². The highest BCUT2D eigenvalue weighted by molar-refractivity contribution is 6.50. The standard InChI is InChI=1S/C28H27N7O2/c36-27(18-3-4-18)34-23-11-21(14-29-15-23)19-5-6-20-13-30-17-32-26(24(20)12-19)28(37)33-22-7-8-25(31-16-22)35-9-1-2-10-35/h5-8,11-12,14-18H,1-4,9-10,13H2,(H,33,37)(H,34,36). The Kier molecular flexibility index (Phi) is 6.18. The average Bonchev–Trinajstić information content (AvgIpc) is 3.68. The van der Waals surface area contributed by atoms with E-state index >= 15 is 0 Å². The third-order valence-corrected chi connectivity index (χ3v) is 6.83. The minimum Gasteiger partial charge on any atom is -0.357 e. The molecule has 2 aromatic heterocycles. The Morgan fingerprint density at radius 1 is 0.892 bits per heavy atom. The van der Waals surface area contributed by atoms with Crippen molar-refractivity contribution < 1.29 is 9.59 Å². The van der Waals surface area contributed by atoms with Crippen molar-refractivity contribution in [1.29, 1.82) is 0 Å². The molecule has 0 spiro atoms. The van der Waals surface area contributed by atoms with Gasteiger partial charge in [0.15, 0.2) is 0 Å². The van der Waals surface area contributed by atoms with Gasteiger partial charge >= 0.3 is 0 Å². The molecule has 1 saturated carbocycles. The third-order valence-electron chi connectivity index (χ3n) is 6.83. The monoisotopic (exact) mass is 493 g/mol. The van der Waals surface area contributed by atoms with Crippen LogP contribution in [-0.4, -0.2) is 46.9 Å². The van der Waals surface area contributed by atoms with Crippen molar-refractivity contribution in [3.63, 3.8) is 0 Å². The maximum atomic E-state index is 13.3. The van der Waals surface area contributed by atoms with Crippen molar-refractivity contribution in [2.24, 2.45) is 15.9 Å². The van der Waals surface area contributed by atoms with Crippen molar-refractivity contribution in [2.75, 3.05) is 28.6 Å². The number of aliphatic imine (C=N–C) groups is 2. The van der Waals surface area contributed by atoms with Crippen LogP contribution in [0.25, 0.3) is 11.1 Å². The molecule has 9 nitrogen and oxygen atoms in total. The number of pyridine rings is 2. The van der Waals surface area contributed by atoms with Crippen molar-refractivity contribution in [3.05, 3.63) is 66.1 Å². The second kappa shape index (κ2) is 9.93. The molecule has 0 atom stereocenters. The average molecular weight is 494 g/mol. The minimum atomic E-state index is -0.328. The molecule has 1 saturated heterocycles. The van der Waals surface area contributed by atoms with E-state index in [0.29, 0.717) is 23.5 Å². The van der Waals surface area contributed by atoms with Gasteiger partial charge in [0.25, 0.3) is 5.91 Å². The number of aromatic nitrogens is 2. The van der Waals surface area contributed by atoms with E-state index in [9.17, 15) is 9.59 Å². The lowest BCUT2D eigenvalue weighted by Gasteiger charge is -2.16. The first kappa shape index (κ1) is 23.0. The highest BCUT2D eigenvalue weighted by Crippen LogP contribution is 2.31. The summed E-state index contributed by atoms with van der Waals surface area (Å²) in [6.45, 7) is 2.45. The van der Waals surface area contributed by atoms with Crippen LogP contribution in [0.3, 0.4) is 0 Å². The fourth-order valence-electron chi connectivity index (χ4n) is 4.64. The molecule has 3 aliphatic rings. The smallest absolute Gasteiger partial charge is 0.275 e. The van der Waals surface area contributed by atoms with Crippen LogP contribution in [0.1, 0.15) is 36.8 Å². The number of rotatable bonds is 6. The number of nitrogens with zero attached hydrogens (tertiary/aromatic N) is 5. The van der Waals surface area contributed by atoms with Gasteiger partial charge in [0, 0.05) is 36.3 Å². The molecule has 2 amide bonds. The Balaban J connectivity index is 1.23. The first-order chi connectivity index (χ1) is 18.1. The van der Waals surface area contributed by atoms with Gasteiger partial charge in [-0.05, 0) is 61.1 Å². The van der Waals surface area contributed by atoms with E-state index in [0.717, 1.165) is 48.4 Å².